The lowest BCUT2D eigenvalue weighted by atomic mass is 10.0. The molecule has 6 rings (SSSR count). The van der Waals surface area contributed by atoms with E-state index in [0.29, 0.717) is 74.3 Å². The van der Waals surface area contributed by atoms with Crippen molar-refractivity contribution in [3.8, 4) is 17.1 Å². The van der Waals surface area contributed by atoms with Crippen LogP contribution >= 0.6 is 0 Å². The molecule has 212 valence electrons. The van der Waals surface area contributed by atoms with Crippen molar-refractivity contribution in [1.29, 1.82) is 0 Å². The Balaban J connectivity index is 1.38. The quantitative estimate of drug-likeness (QED) is 0.329. The van der Waals surface area contributed by atoms with E-state index in [1.165, 1.54) is 10.8 Å². The molecule has 2 aliphatic rings. The maximum Gasteiger partial charge on any atom is 0.299 e. The van der Waals surface area contributed by atoms with Gasteiger partial charge < -0.3 is 29.0 Å². The van der Waals surface area contributed by atoms with Crippen molar-refractivity contribution < 1.29 is 19.4 Å². The number of aldehydes is 1. The van der Waals surface area contributed by atoms with E-state index < -0.39 is 5.91 Å². The van der Waals surface area contributed by atoms with Gasteiger partial charge in [0.25, 0.3) is 11.5 Å². The van der Waals surface area contributed by atoms with Gasteiger partial charge in [0.05, 0.1) is 31.1 Å². The standard InChI is InChI=1S/C27H29N9O5/c1-3-20-22(33-5-7-34(8-6-33)25(39)21-23(38)16(2)29-15-30-21)26(40)36-27(35(20)9-10-37)31-24(32-36)18-13-28-12-17-4-11-41-14-19(17)18/h10,12-13,15,38H,3-9,11,14H2,1-2H3. The molecule has 2 aliphatic heterocycles. The first kappa shape index (κ1) is 26.5. The van der Waals surface area contributed by atoms with Gasteiger partial charge in [0.2, 0.25) is 5.78 Å². The van der Waals surface area contributed by atoms with Gasteiger partial charge in [-0.1, -0.05) is 6.92 Å². The number of aryl methyl sites for hydroxylation is 1. The van der Waals surface area contributed by atoms with E-state index in [0.717, 1.165) is 23.8 Å². The highest BCUT2D eigenvalue weighted by Crippen LogP contribution is 2.28. The van der Waals surface area contributed by atoms with Crippen LogP contribution < -0.4 is 10.5 Å². The molecule has 0 bridgehead atoms. The third kappa shape index (κ3) is 4.49. The molecule has 14 heteroatoms. The summed E-state index contributed by atoms with van der Waals surface area (Å²) in [5.41, 5.74) is 3.70. The van der Waals surface area contributed by atoms with Gasteiger partial charge in [-0.3, -0.25) is 14.6 Å². The average Bonchev–Trinajstić information content (AvgIpc) is 3.45. The van der Waals surface area contributed by atoms with E-state index in [1.54, 1.807) is 22.6 Å². The predicted octanol–water partition coefficient (Wildman–Crippen LogP) is 0.553. The zero-order valence-corrected chi connectivity index (χ0v) is 22.8. The van der Waals surface area contributed by atoms with Gasteiger partial charge in [-0.05, 0) is 30.9 Å². The summed E-state index contributed by atoms with van der Waals surface area (Å²) >= 11 is 0. The first-order valence-corrected chi connectivity index (χ1v) is 13.5. The fourth-order valence-electron chi connectivity index (χ4n) is 5.52. The fourth-order valence-corrected chi connectivity index (χ4v) is 5.52. The highest BCUT2D eigenvalue weighted by atomic mass is 16.5. The smallest absolute Gasteiger partial charge is 0.299 e. The number of aromatic hydroxyl groups is 1. The molecule has 0 spiro atoms. The molecule has 1 N–H and O–H groups in total. The van der Waals surface area contributed by atoms with Crippen LogP contribution in [0.5, 0.6) is 5.75 Å². The minimum atomic E-state index is -0.401. The van der Waals surface area contributed by atoms with Gasteiger partial charge in [0, 0.05) is 44.1 Å². The van der Waals surface area contributed by atoms with Crippen LogP contribution in [-0.2, 0) is 35.5 Å². The number of nitrogens with zero attached hydrogens (tertiary/aromatic N) is 9. The zero-order valence-electron chi connectivity index (χ0n) is 22.8. The molecular weight excluding hydrogens is 530 g/mol. The van der Waals surface area contributed by atoms with Crippen LogP contribution in [0.2, 0.25) is 0 Å². The summed E-state index contributed by atoms with van der Waals surface area (Å²) in [6.45, 7) is 5.87. The van der Waals surface area contributed by atoms with Crippen molar-refractivity contribution in [2.45, 2.75) is 39.8 Å². The number of hydrogen-bond acceptors (Lipinski definition) is 11. The van der Waals surface area contributed by atoms with Crippen molar-refractivity contribution in [3.63, 3.8) is 0 Å². The fraction of sp³-hybridized carbons (Fsp3) is 0.407. The van der Waals surface area contributed by atoms with Gasteiger partial charge in [-0.2, -0.15) is 9.50 Å². The number of carbonyl (C=O) groups excluding carboxylic acids is 2. The van der Waals surface area contributed by atoms with Gasteiger partial charge in [0.1, 0.15) is 18.3 Å². The highest BCUT2D eigenvalue weighted by Gasteiger charge is 2.30. The zero-order chi connectivity index (χ0) is 28.7. The minimum Gasteiger partial charge on any atom is -0.504 e. The second kappa shape index (κ2) is 10.7. The van der Waals surface area contributed by atoms with E-state index in [1.807, 2.05) is 18.0 Å². The van der Waals surface area contributed by atoms with Crippen LogP contribution in [-0.4, -0.2) is 89.1 Å². The van der Waals surface area contributed by atoms with E-state index in [4.69, 9.17) is 9.72 Å². The molecule has 41 heavy (non-hydrogen) atoms. The summed E-state index contributed by atoms with van der Waals surface area (Å²) in [5.74, 6) is -0.0256. The number of aromatic nitrogens is 7. The monoisotopic (exact) mass is 559 g/mol. The number of fused-ring (bicyclic) bond motifs is 2. The Kier molecular flexibility index (Phi) is 6.91. The molecule has 1 fully saturated rings. The summed E-state index contributed by atoms with van der Waals surface area (Å²) in [6, 6.07) is 0. The highest BCUT2D eigenvalue weighted by molar-refractivity contribution is 5.95. The Labute approximate surface area is 234 Å². The summed E-state index contributed by atoms with van der Waals surface area (Å²) in [5, 5.41) is 14.9. The Morgan fingerprint density at radius 1 is 1.17 bits per heavy atom. The number of pyridine rings is 1. The number of piperazine rings is 1. The van der Waals surface area contributed by atoms with Crippen molar-refractivity contribution in [2.24, 2.45) is 0 Å². The number of anilines is 1. The summed E-state index contributed by atoms with van der Waals surface area (Å²) in [7, 11) is 0. The molecule has 0 aliphatic carbocycles. The Bertz CT molecular complexity index is 1720. The SMILES string of the molecule is CCc1c(N2CCN(C(=O)c3ncnc(C)c3O)CC2)c(=O)n2nc(-c3cncc4c3COCC4)nc2n1CC=O. The van der Waals surface area contributed by atoms with Crippen LogP contribution in [0.3, 0.4) is 0 Å². The first-order chi connectivity index (χ1) is 19.9. The van der Waals surface area contributed by atoms with Crippen molar-refractivity contribution >= 4 is 23.7 Å². The molecular formula is C27H29N9O5. The molecule has 4 aromatic heterocycles. The maximum absolute atomic E-state index is 14.0. The molecule has 0 atom stereocenters. The summed E-state index contributed by atoms with van der Waals surface area (Å²) < 4.78 is 8.63. The lowest BCUT2D eigenvalue weighted by molar-refractivity contribution is -0.108. The summed E-state index contributed by atoms with van der Waals surface area (Å²) in [6.07, 6.45) is 6.71. The van der Waals surface area contributed by atoms with E-state index >= 15 is 0 Å². The van der Waals surface area contributed by atoms with Crippen LogP contribution in [0, 0.1) is 6.92 Å². The van der Waals surface area contributed by atoms with Crippen molar-refractivity contribution in [2.75, 3.05) is 37.7 Å². The predicted molar refractivity (Wildman–Crippen MR) is 146 cm³/mol. The van der Waals surface area contributed by atoms with Crippen molar-refractivity contribution in [1.82, 2.24) is 39.0 Å². The molecule has 1 amide bonds. The third-order valence-corrected chi connectivity index (χ3v) is 7.66. The van der Waals surface area contributed by atoms with Crippen LogP contribution in [0.15, 0.2) is 23.5 Å². The number of amides is 1. The molecule has 6 heterocycles. The van der Waals surface area contributed by atoms with Gasteiger partial charge in [-0.15, -0.1) is 5.10 Å². The van der Waals surface area contributed by atoms with Crippen LogP contribution in [0.1, 0.15) is 39.9 Å². The second-order valence-electron chi connectivity index (χ2n) is 9.94. The molecule has 14 nitrogen and oxygen atoms in total. The first-order valence-electron chi connectivity index (χ1n) is 13.5. The Morgan fingerprint density at radius 3 is 2.73 bits per heavy atom. The molecule has 0 aromatic carbocycles. The van der Waals surface area contributed by atoms with Crippen LogP contribution in [0.25, 0.3) is 17.2 Å². The number of ether oxygens (including phenoxy) is 1. The molecule has 0 unspecified atom stereocenters. The van der Waals surface area contributed by atoms with E-state index in [9.17, 15) is 19.5 Å². The number of carbonyl (C=O) groups is 2. The average molecular weight is 560 g/mol. The lowest BCUT2D eigenvalue weighted by Crippen LogP contribution is -2.51. The van der Waals surface area contributed by atoms with Crippen LogP contribution in [0.4, 0.5) is 5.69 Å². The topological polar surface area (TPSA) is 161 Å². The van der Waals surface area contributed by atoms with E-state index in [-0.39, 0.29) is 29.3 Å². The largest absolute Gasteiger partial charge is 0.504 e. The Morgan fingerprint density at radius 2 is 1.98 bits per heavy atom. The Hall–Kier alpha value is -4.72. The second-order valence-corrected chi connectivity index (χ2v) is 9.94. The normalized spacial score (nSPS) is 15.3. The van der Waals surface area contributed by atoms with Crippen molar-refractivity contribution in [3.05, 3.63) is 57.3 Å². The molecule has 0 saturated carbocycles. The number of rotatable bonds is 6. The minimum absolute atomic E-state index is 0.00284. The van der Waals surface area contributed by atoms with Gasteiger partial charge in [-0.25, -0.2) is 9.97 Å². The summed E-state index contributed by atoms with van der Waals surface area (Å²) in [4.78, 5) is 59.2. The lowest BCUT2D eigenvalue weighted by Gasteiger charge is -2.36. The molecule has 0 radical (unpaired) electrons. The molecule has 4 aromatic rings. The number of hydrogen-bond donors (Lipinski definition) is 1. The molecule has 1 saturated heterocycles. The van der Waals surface area contributed by atoms with Gasteiger partial charge >= 0.3 is 0 Å². The van der Waals surface area contributed by atoms with Gasteiger partial charge in [0.15, 0.2) is 17.3 Å². The third-order valence-electron chi connectivity index (χ3n) is 7.66. The van der Waals surface area contributed by atoms with E-state index in [2.05, 4.69) is 20.1 Å². The maximum atomic E-state index is 14.0.